The van der Waals surface area contributed by atoms with Gasteiger partial charge in [0.05, 0.1) is 12.4 Å². The Hall–Kier alpha value is -2.74. The van der Waals surface area contributed by atoms with Crippen LogP contribution in [0.3, 0.4) is 0 Å². The molecule has 8 nitrogen and oxygen atoms in total. The van der Waals surface area contributed by atoms with Crippen LogP contribution in [0.4, 0.5) is 4.79 Å². The third-order valence-corrected chi connectivity index (χ3v) is 3.47. The maximum absolute atomic E-state index is 11.3. The van der Waals surface area contributed by atoms with E-state index in [0.717, 1.165) is 6.42 Å². The average molecular weight is 359 g/mol. The lowest BCUT2D eigenvalue weighted by molar-refractivity contribution is 0.201. The minimum atomic E-state index is -0.592. The van der Waals surface area contributed by atoms with Gasteiger partial charge in [-0.2, -0.15) is 0 Å². The van der Waals surface area contributed by atoms with Crippen LogP contribution in [-0.2, 0) is 0 Å². The van der Waals surface area contributed by atoms with Crippen molar-refractivity contribution < 1.29 is 14.3 Å². The van der Waals surface area contributed by atoms with Gasteiger partial charge in [-0.15, -0.1) is 0 Å². The Morgan fingerprint density at radius 3 is 2.62 bits per heavy atom. The predicted molar refractivity (Wildman–Crippen MR) is 97.9 cm³/mol. The fourth-order valence-corrected chi connectivity index (χ4v) is 2.53. The molecule has 0 saturated carbocycles. The molecule has 2 heterocycles. The summed E-state index contributed by atoms with van der Waals surface area (Å²) >= 11 is 0. The standard InChI is InChI=1S/C18H25N5O3/c1-12(2)8-18(3,19)11-25-14-9-22-16(23-10-14)13-5-6-21-15(7-13)26-17(24)20-4/h5-7,9-10,12H,8,11,19H2,1-4H3,(H,20,24)/t18-/m0/s1. The number of aromatic nitrogens is 3. The molecule has 0 aromatic carbocycles. The fourth-order valence-electron chi connectivity index (χ4n) is 2.53. The number of hydrogen-bond acceptors (Lipinski definition) is 7. The molecule has 2 rings (SSSR count). The SMILES string of the molecule is CNC(=O)Oc1cc(-c2ncc(OC[C@@](C)(N)CC(C)C)cn2)ccn1. The van der Waals surface area contributed by atoms with Crippen molar-refractivity contribution in [2.24, 2.45) is 11.7 Å². The average Bonchev–Trinajstić information content (AvgIpc) is 2.59. The Kier molecular flexibility index (Phi) is 6.46. The molecule has 0 aliphatic rings. The summed E-state index contributed by atoms with van der Waals surface area (Å²) in [4.78, 5) is 23.8. The van der Waals surface area contributed by atoms with Crippen LogP contribution in [0.5, 0.6) is 11.6 Å². The second-order valence-electron chi connectivity index (χ2n) is 6.81. The van der Waals surface area contributed by atoms with Crippen LogP contribution in [0.25, 0.3) is 11.4 Å². The number of amides is 1. The highest BCUT2D eigenvalue weighted by Gasteiger charge is 2.21. The van der Waals surface area contributed by atoms with E-state index < -0.39 is 11.6 Å². The Morgan fingerprint density at radius 2 is 2.00 bits per heavy atom. The number of pyridine rings is 1. The topological polar surface area (TPSA) is 112 Å². The van der Waals surface area contributed by atoms with Gasteiger partial charge >= 0.3 is 6.09 Å². The quantitative estimate of drug-likeness (QED) is 0.780. The minimum absolute atomic E-state index is 0.165. The maximum Gasteiger partial charge on any atom is 0.413 e. The zero-order valence-electron chi connectivity index (χ0n) is 15.5. The number of nitrogens with one attached hydrogen (secondary N) is 1. The largest absolute Gasteiger partial charge is 0.488 e. The first-order valence-corrected chi connectivity index (χ1v) is 8.39. The molecule has 0 aliphatic carbocycles. The summed E-state index contributed by atoms with van der Waals surface area (Å²) < 4.78 is 10.7. The molecule has 0 unspecified atom stereocenters. The van der Waals surface area contributed by atoms with Crippen LogP contribution in [0.2, 0.25) is 0 Å². The van der Waals surface area contributed by atoms with E-state index in [0.29, 0.717) is 29.7 Å². The molecule has 0 spiro atoms. The molecule has 0 aliphatic heterocycles. The Morgan fingerprint density at radius 1 is 1.31 bits per heavy atom. The molecule has 140 valence electrons. The highest BCUT2D eigenvalue weighted by Crippen LogP contribution is 2.21. The Labute approximate surface area is 153 Å². The molecule has 0 bridgehead atoms. The summed E-state index contributed by atoms with van der Waals surface area (Å²) in [6.45, 7) is 6.60. The van der Waals surface area contributed by atoms with E-state index in [1.807, 2.05) is 6.92 Å². The highest BCUT2D eigenvalue weighted by molar-refractivity contribution is 5.70. The number of rotatable bonds is 7. The van der Waals surface area contributed by atoms with Crippen LogP contribution in [0.15, 0.2) is 30.7 Å². The molecule has 8 heteroatoms. The van der Waals surface area contributed by atoms with E-state index in [4.69, 9.17) is 15.2 Å². The summed E-state index contributed by atoms with van der Waals surface area (Å²) in [5, 5.41) is 2.36. The van der Waals surface area contributed by atoms with Crippen LogP contribution in [-0.4, -0.2) is 40.2 Å². The lowest BCUT2D eigenvalue weighted by Crippen LogP contribution is -2.43. The van der Waals surface area contributed by atoms with E-state index in [1.165, 1.54) is 13.2 Å². The van der Waals surface area contributed by atoms with Crippen molar-refractivity contribution >= 4 is 6.09 Å². The second kappa shape index (κ2) is 8.57. The Bertz CT molecular complexity index is 732. The van der Waals surface area contributed by atoms with E-state index in [9.17, 15) is 4.79 Å². The normalized spacial score (nSPS) is 13.2. The molecule has 1 amide bonds. The predicted octanol–water partition coefficient (Wildman–Crippen LogP) is 2.40. The van der Waals surface area contributed by atoms with Crippen LogP contribution >= 0.6 is 0 Å². The second-order valence-corrected chi connectivity index (χ2v) is 6.81. The van der Waals surface area contributed by atoms with Gasteiger partial charge in [0.2, 0.25) is 5.88 Å². The summed E-state index contributed by atoms with van der Waals surface area (Å²) in [7, 11) is 1.47. The molecule has 0 saturated heterocycles. The molecular formula is C18H25N5O3. The number of nitrogens with two attached hydrogens (primary N) is 1. The number of carbonyl (C=O) groups excluding carboxylic acids is 1. The van der Waals surface area contributed by atoms with Crippen LogP contribution in [0, 0.1) is 5.92 Å². The van der Waals surface area contributed by atoms with Crippen LogP contribution < -0.4 is 20.5 Å². The van der Waals surface area contributed by atoms with E-state index in [2.05, 4.69) is 34.1 Å². The van der Waals surface area contributed by atoms with Crippen molar-refractivity contribution in [1.82, 2.24) is 20.3 Å². The molecule has 2 aromatic rings. The zero-order valence-corrected chi connectivity index (χ0v) is 15.5. The summed E-state index contributed by atoms with van der Waals surface area (Å²) in [5.74, 6) is 1.67. The molecule has 1 atom stereocenters. The van der Waals surface area contributed by atoms with Gasteiger partial charge in [-0.3, -0.25) is 0 Å². The lowest BCUT2D eigenvalue weighted by atomic mass is 9.93. The molecular weight excluding hydrogens is 334 g/mol. The summed E-state index contributed by atoms with van der Waals surface area (Å²) in [6, 6.07) is 3.32. The van der Waals surface area contributed by atoms with Gasteiger partial charge in [0.15, 0.2) is 11.6 Å². The maximum atomic E-state index is 11.3. The third-order valence-electron chi connectivity index (χ3n) is 3.47. The third kappa shape index (κ3) is 5.96. The van der Waals surface area contributed by atoms with Crippen molar-refractivity contribution in [1.29, 1.82) is 0 Å². The smallest absolute Gasteiger partial charge is 0.413 e. The fraction of sp³-hybridized carbons (Fsp3) is 0.444. The molecule has 3 N–H and O–H groups in total. The van der Waals surface area contributed by atoms with Crippen molar-refractivity contribution in [2.45, 2.75) is 32.7 Å². The Balaban J connectivity index is 2.03. The zero-order chi connectivity index (χ0) is 19.2. The lowest BCUT2D eigenvalue weighted by Gasteiger charge is -2.26. The van der Waals surface area contributed by atoms with Crippen LogP contribution in [0.1, 0.15) is 27.2 Å². The summed E-state index contributed by atoms with van der Waals surface area (Å²) in [5.41, 5.74) is 6.50. The first kappa shape index (κ1) is 19.6. The van der Waals surface area contributed by atoms with E-state index in [-0.39, 0.29) is 5.88 Å². The first-order valence-electron chi connectivity index (χ1n) is 8.39. The van der Waals surface area contributed by atoms with Crippen molar-refractivity contribution in [2.75, 3.05) is 13.7 Å². The van der Waals surface area contributed by atoms with E-state index in [1.54, 1.807) is 24.5 Å². The van der Waals surface area contributed by atoms with Gasteiger partial charge in [0, 0.05) is 30.4 Å². The number of ether oxygens (including phenoxy) is 2. The molecule has 2 aromatic heterocycles. The summed E-state index contributed by atoms with van der Waals surface area (Å²) in [6.07, 6.45) is 4.97. The number of nitrogens with zero attached hydrogens (tertiary/aromatic N) is 3. The monoisotopic (exact) mass is 359 g/mol. The van der Waals surface area contributed by atoms with Gasteiger partial charge in [0.25, 0.3) is 0 Å². The van der Waals surface area contributed by atoms with Crippen molar-refractivity contribution in [3.8, 4) is 23.0 Å². The van der Waals surface area contributed by atoms with Gasteiger partial charge in [-0.1, -0.05) is 13.8 Å². The molecule has 0 fully saturated rings. The number of hydrogen-bond donors (Lipinski definition) is 2. The van der Waals surface area contributed by atoms with Gasteiger partial charge in [0.1, 0.15) is 6.61 Å². The minimum Gasteiger partial charge on any atom is -0.488 e. The van der Waals surface area contributed by atoms with Gasteiger partial charge < -0.3 is 20.5 Å². The van der Waals surface area contributed by atoms with Gasteiger partial charge in [-0.25, -0.2) is 19.7 Å². The van der Waals surface area contributed by atoms with Gasteiger partial charge in [-0.05, 0) is 25.3 Å². The number of carbonyl (C=O) groups is 1. The van der Waals surface area contributed by atoms with Crippen molar-refractivity contribution in [3.05, 3.63) is 30.7 Å². The molecule has 0 radical (unpaired) electrons. The molecule has 26 heavy (non-hydrogen) atoms. The highest BCUT2D eigenvalue weighted by atomic mass is 16.6. The van der Waals surface area contributed by atoms with E-state index >= 15 is 0 Å². The first-order chi connectivity index (χ1) is 12.3. The van der Waals surface area contributed by atoms with Crippen molar-refractivity contribution in [3.63, 3.8) is 0 Å².